The van der Waals surface area contributed by atoms with Crippen LogP contribution in [-0.4, -0.2) is 61.6 Å². The number of benzene rings is 1. The number of amides is 1. The molecule has 162 valence electrons. The molecule has 0 atom stereocenters. The second-order valence-electron chi connectivity index (χ2n) is 7.45. The normalized spacial score (nSPS) is 14.7. The number of piperazine rings is 1. The zero-order chi connectivity index (χ0) is 21.8. The summed E-state index contributed by atoms with van der Waals surface area (Å²) < 4.78 is 6.47. The molecule has 10 heteroatoms. The van der Waals surface area contributed by atoms with Crippen molar-refractivity contribution in [1.82, 2.24) is 29.5 Å². The molecule has 2 aromatic heterocycles. The molecule has 1 aromatic carbocycles. The van der Waals surface area contributed by atoms with E-state index in [1.165, 1.54) is 17.1 Å². The molecule has 9 nitrogen and oxygen atoms in total. The van der Waals surface area contributed by atoms with Crippen LogP contribution < -0.4 is 5.56 Å². The summed E-state index contributed by atoms with van der Waals surface area (Å²) in [4.78, 5) is 37.6. The van der Waals surface area contributed by atoms with Gasteiger partial charge in [0.15, 0.2) is 5.82 Å². The van der Waals surface area contributed by atoms with Gasteiger partial charge >= 0.3 is 0 Å². The Hall–Kier alpha value is -3.04. The number of rotatable bonds is 6. The highest BCUT2D eigenvalue weighted by molar-refractivity contribution is 6.31. The van der Waals surface area contributed by atoms with Crippen LogP contribution >= 0.6 is 11.6 Å². The van der Waals surface area contributed by atoms with Gasteiger partial charge in [0.25, 0.3) is 11.4 Å². The second kappa shape index (κ2) is 9.40. The van der Waals surface area contributed by atoms with Crippen LogP contribution in [0.5, 0.6) is 0 Å². The van der Waals surface area contributed by atoms with Gasteiger partial charge in [-0.15, -0.1) is 0 Å². The van der Waals surface area contributed by atoms with Crippen LogP contribution in [0.15, 0.2) is 46.1 Å². The average Bonchev–Trinajstić information content (AvgIpc) is 3.21. The summed E-state index contributed by atoms with van der Waals surface area (Å²) >= 11 is 6.25. The maximum Gasteiger partial charge on any atom is 0.266 e. The van der Waals surface area contributed by atoms with Crippen LogP contribution in [0.25, 0.3) is 11.5 Å². The molecule has 0 radical (unpaired) electrons. The van der Waals surface area contributed by atoms with Gasteiger partial charge in [0.1, 0.15) is 5.56 Å². The first kappa shape index (κ1) is 21.2. The zero-order valence-corrected chi connectivity index (χ0v) is 18.0. The number of aromatic nitrogens is 4. The van der Waals surface area contributed by atoms with Crippen LogP contribution in [0.1, 0.15) is 17.8 Å². The molecule has 0 unspecified atom stereocenters. The Labute approximate surface area is 184 Å². The molecule has 3 heterocycles. The monoisotopic (exact) mass is 442 g/mol. The van der Waals surface area contributed by atoms with Gasteiger partial charge in [-0.2, -0.15) is 4.98 Å². The number of carbonyl (C=O) groups excluding carboxylic acids is 1. The maximum absolute atomic E-state index is 12.7. The third kappa shape index (κ3) is 5.00. The van der Waals surface area contributed by atoms with Crippen molar-refractivity contribution in [1.29, 1.82) is 0 Å². The third-order valence-electron chi connectivity index (χ3n) is 5.30. The SMILES string of the molecule is Cc1noc(-c2cncn(CCC(=O)N3CCN(Cc4ccccc4Cl)CC3)c2=O)n1. The first-order valence-electron chi connectivity index (χ1n) is 10.1. The Morgan fingerprint density at radius 3 is 2.68 bits per heavy atom. The van der Waals surface area contributed by atoms with Gasteiger partial charge in [-0.1, -0.05) is 35.0 Å². The fraction of sp³-hybridized carbons (Fsp3) is 0.381. The molecule has 1 amide bonds. The van der Waals surface area contributed by atoms with Crippen molar-refractivity contribution in [3.8, 4) is 11.5 Å². The van der Waals surface area contributed by atoms with E-state index in [0.717, 1.165) is 30.2 Å². The number of hydrogen-bond donors (Lipinski definition) is 0. The number of carbonyl (C=O) groups is 1. The van der Waals surface area contributed by atoms with E-state index in [1.807, 2.05) is 29.2 Å². The van der Waals surface area contributed by atoms with Crippen LogP contribution in [0.2, 0.25) is 5.02 Å². The highest BCUT2D eigenvalue weighted by Gasteiger charge is 2.22. The van der Waals surface area contributed by atoms with Gasteiger partial charge in [-0.05, 0) is 18.6 Å². The van der Waals surface area contributed by atoms with E-state index in [4.69, 9.17) is 16.1 Å². The molecule has 1 aliphatic heterocycles. The summed E-state index contributed by atoms with van der Waals surface area (Å²) in [6, 6.07) is 7.81. The molecule has 0 N–H and O–H groups in total. The van der Waals surface area contributed by atoms with Crippen LogP contribution in [0.3, 0.4) is 0 Å². The van der Waals surface area contributed by atoms with Gasteiger partial charge in [0.05, 0.1) is 6.33 Å². The minimum absolute atomic E-state index is 0.0170. The smallest absolute Gasteiger partial charge is 0.266 e. The molecule has 3 aromatic rings. The largest absolute Gasteiger partial charge is 0.340 e. The Morgan fingerprint density at radius 1 is 1.19 bits per heavy atom. The molecule has 1 aliphatic rings. The van der Waals surface area contributed by atoms with Gasteiger partial charge in [0, 0.05) is 56.9 Å². The lowest BCUT2D eigenvalue weighted by Crippen LogP contribution is -2.48. The molecular weight excluding hydrogens is 420 g/mol. The summed E-state index contributed by atoms with van der Waals surface area (Å²) in [5.74, 6) is 0.585. The van der Waals surface area contributed by atoms with E-state index < -0.39 is 0 Å². The van der Waals surface area contributed by atoms with Crippen LogP contribution in [0.4, 0.5) is 0 Å². The average molecular weight is 443 g/mol. The first-order valence-corrected chi connectivity index (χ1v) is 10.5. The molecule has 4 rings (SSSR count). The van der Waals surface area contributed by atoms with Crippen molar-refractivity contribution in [3.63, 3.8) is 0 Å². The number of hydrogen-bond acceptors (Lipinski definition) is 7. The summed E-state index contributed by atoms with van der Waals surface area (Å²) in [7, 11) is 0. The standard InChI is InChI=1S/C21H23ClN6O3/c1-15-24-20(31-25-15)17-12-23-14-28(21(17)30)7-6-19(29)27-10-8-26(9-11-27)13-16-4-2-3-5-18(16)22/h2-5,12,14H,6-11,13H2,1H3. The Morgan fingerprint density at radius 2 is 1.97 bits per heavy atom. The number of halogens is 1. The van der Waals surface area contributed by atoms with Gasteiger partial charge in [-0.3, -0.25) is 19.1 Å². The lowest BCUT2D eigenvalue weighted by Gasteiger charge is -2.35. The fourth-order valence-corrected chi connectivity index (χ4v) is 3.76. The Kier molecular flexibility index (Phi) is 6.43. The molecule has 0 saturated carbocycles. The van der Waals surface area contributed by atoms with Crippen LogP contribution in [0, 0.1) is 6.92 Å². The molecule has 0 spiro atoms. The topological polar surface area (TPSA) is 97.4 Å². The minimum Gasteiger partial charge on any atom is -0.340 e. The van der Waals surface area contributed by atoms with Gasteiger partial charge < -0.3 is 9.42 Å². The fourth-order valence-electron chi connectivity index (χ4n) is 3.56. The van der Waals surface area contributed by atoms with E-state index in [9.17, 15) is 9.59 Å². The van der Waals surface area contributed by atoms with E-state index >= 15 is 0 Å². The summed E-state index contributed by atoms with van der Waals surface area (Å²) in [6.45, 7) is 5.55. The minimum atomic E-state index is -0.309. The molecule has 1 saturated heterocycles. The summed E-state index contributed by atoms with van der Waals surface area (Å²) in [6.07, 6.45) is 3.04. The molecule has 1 fully saturated rings. The van der Waals surface area contributed by atoms with Crippen molar-refractivity contribution >= 4 is 17.5 Å². The quantitative estimate of drug-likeness (QED) is 0.575. The molecular formula is C21H23ClN6O3. The predicted molar refractivity (Wildman–Crippen MR) is 114 cm³/mol. The van der Waals surface area contributed by atoms with Crippen LogP contribution in [-0.2, 0) is 17.9 Å². The summed E-state index contributed by atoms with van der Waals surface area (Å²) in [5, 5.41) is 4.46. The first-order chi connectivity index (χ1) is 15.0. The Balaban J connectivity index is 1.31. The summed E-state index contributed by atoms with van der Waals surface area (Å²) in [5.41, 5.74) is 1.01. The van der Waals surface area contributed by atoms with E-state index in [2.05, 4.69) is 20.0 Å². The van der Waals surface area contributed by atoms with E-state index in [-0.39, 0.29) is 35.9 Å². The molecule has 31 heavy (non-hydrogen) atoms. The highest BCUT2D eigenvalue weighted by Crippen LogP contribution is 2.18. The highest BCUT2D eigenvalue weighted by atomic mass is 35.5. The second-order valence-corrected chi connectivity index (χ2v) is 7.86. The van der Waals surface area contributed by atoms with E-state index in [1.54, 1.807) is 6.92 Å². The number of aryl methyl sites for hydroxylation is 2. The van der Waals surface area contributed by atoms with Crippen molar-refractivity contribution in [2.24, 2.45) is 0 Å². The van der Waals surface area contributed by atoms with Gasteiger partial charge in [0.2, 0.25) is 5.91 Å². The predicted octanol–water partition coefficient (Wildman–Crippen LogP) is 1.99. The molecule has 0 aliphatic carbocycles. The van der Waals surface area contributed by atoms with Gasteiger partial charge in [-0.25, -0.2) is 4.98 Å². The lowest BCUT2D eigenvalue weighted by molar-refractivity contribution is -0.133. The molecule has 0 bridgehead atoms. The number of nitrogens with zero attached hydrogens (tertiary/aromatic N) is 6. The van der Waals surface area contributed by atoms with Crippen molar-refractivity contribution < 1.29 is 9.32 Å². The lowest BCUT2D eigenvalue weighted by atomic mass is 10.2. The van der Waals surface area contributed by atoms with Crippen molar-refractivity contribution in [2.75, 3.05) is 26.2 Å². The van der Waals surface area contributed by atoms with Crippen molar-refractivity contribution in [2.45, 2.75) is 26.4 Å². The maximum atomic E-state index is 12.7. The third-order valence-corrected chi connectivity index (χ3v) is 5.67. The zero-order valence-electron chi connectivity index (χ0n) is 17.2. The van der Waals surface area contributed by atoms with E-state index in [0.29, 0.717) is 18.9 Å². The Bertz CT molecular complexity index is 1120. The van der Waals surface area contributed by atoms with Crippen molar-refractivity contribution in [3.05, 3.63) is 63.6 Å².